The lowest BCUT2D eigenvalue weighted by atomic mass is 10.1. The summed E-state index contributed by atoms with van der Waals surface area (Å²) in [5.41, 5.74) is 21.0. The zero-order chi connectivity index (χ0) is 35.2. The van der Waals surface area contributed by atoms with E-state index in [9.17, 15) is 14.4 Å². The van der Waals surface area contributed by atoms with E-state index in [2.05, 4.69) is 32.3 Å². The number of amides is 2. The van der Waals surface area contributed by atoms with Gasteiger partial charge in [0.2, 0.25) is 11.9 Å². The third-order valence-electron chi connectivity index (χ3n) is 6.96. The maximum atomic E-state index is 13.1. The number of hydrogen-bond donors (Lipinski definition) is 5. The first kappa shape index (κ1) is 36.6. The number of rotatable bonds is 19. The van der Waals surface area contributed by atoms with E-state index in [1.165, 1.54) is 25.3 Å². The van der Waals surface area contributed by atoms with E-state index in [0.717, 1.165) is 11.8 Å². The molecule has 0 radical (unpaired) electrons. The maximum Gasteiger partial charge on any atom is 0.270 e. The lowest BCUT2D eigenvalue weighted by Gasteiger charge is -2.27. The summed E-state index contributed by atoms with van der Waals surface area (Å²) in [7, 11) is 3.22. The Kier molecular flexibility index (Phi) is 13.5. The fraction of sp³-hybridized carbons (Fsp3) is 0.333. The SMILES string of the molecule is C=Nc1cc(C(N)=O)cc(OC)c1N(C/C=C/Cn1c(NC)nc2cc(N)cc(OCCCC=O)c21)CNC(=O)C(/C=C(/C)N)=NCC. The number of nitrogen functional groups attached to an aromatic ring is 1. The minimum atomic E-state index is -0.657. The number of hydrogen-bond acceptors (Lipinski definition) is 12. The number of imidazole rings is 1. The molecule has 3 rings (SSSR count). The second kappa shape index (κ2) is 17.7. The highest BCUT2D eigenvalue weighted by atomic mass is 16.5. The molecular weight excluding hydrogens is 616 g/mol. The van der Waals surface area contributed by atoms with Crippen molar-refractivity contribution in [3.63, 3.8) is 0 Å². The molecule has 15 heteroatoms. The Morgan fingerprint density at radius 1 is 1.17 bits per heavy atom. The number of nitrogens with two attached hydrogens (primary N) is 3. The number of nitrogens with one attached hydrogen (secondary N) is 2. The smallest absolute Gasteiger partial charge is 0.270 e. The van der Waals surface area contributed by atoms with Gasteiger partial charge in [-0.1, -0.05) is 12.2 Å². The first-order valence-electron chi connectivity index (χ1n) is 15.3. The largest absolute Gasteiger partial charge is 0.494 e. The third-order valence-corrected chi connectivity index (χ3v) is 6.96. The lowest BCUT2D eigenvalue weighted by molar-refractivity contribution is -0.114. The summed E-state index contributed by atoms with van der Waals surface area (Å²) in [5, 5.41) is 6.00. The molecular formula is C33H44N10O5. The Hall–Kier alpha value is -5.86. The van der Waals surface area contributed by atoms with Crippen molar-refractivity contribution in [2.75, 3.05) is 56.5 Å². The Morgan fingerprint density at radius 3 is 2.56 bits per heavy atom. The van der Waals surface area contributed by atoms with Crippen LogP contribution in [0.5, 0.6) is 11.5 Å². The van der Waals surface area contributed by atoms with Crippen LogP contribution in [0.2, 0.25) is 0 Å². The molecule has 15 nitrogen and oxygen atoms in total. The van der Waals surface area contributed by atoms with E-state index in [1.54, 1.807) is 31.0 Å². The van der Waals surface area contributed by atoms with Gasteiger partial charge in [0.05, 0.1) is 31.6 Å². The van der Waals surface area contributed by atoms with Gasteiger partial charge in [-0.2, -0.15) is 0 Å². The molecule has 0 unspecified atom stereocenters. The van der Waals surface area contributed by atoms with Gasteiger partial charge in [0.15, 0.2) is 0 Å². The molecule has 0 aliphatic rings. The second-order valence-corrected chi connectivity index (χ2v) is 10.5. The number of benzene rings is 2. The molecule has 8 N–H and O–H groups in total. The van der Waals surface area contributed by atoms with Gasteiger partial charge in [0, 0.05) is 56.1 Å². The predicted molar refractivity (Wildman–Crippen MR) is 191 cm³/mol. The summed E-state index contributed by atoms with van der Waals surface area (Å²) >= 11 is 0. The van der Waals surface area contributed by atoms with Gasteiger partial charge in [-0.15, -0.1) is 0 Å². The van der Waals surface area contributed by atoms with Crippen molar-refractivity contribution in [2.24, 2.45) is 21.5 Å². The number of allylic oxidation sites excluding steroid dienone is 2. The normalized spacial score (nSPS) is 11.8. The summed E-state index contributed by atoms with van der Waals surface area (Å²) in [6, 6.07) is 6.52. The second-order valence-electron chi connectivity index (χ2n) is 10.5. The van der Waals surface area contributed by atoms with Crippen molar-refractivity contribution in [3.05, 3.63) is 53.8 Å². The van der Waals surface area contributed by atoms with E-state index in [0.29, 0.717) is 78.3 Å². The number of aromatic nitrogens is 2. The molecule has 0 aliphatic carbocycles. The van der Waals surface area contributed by atoms with Crippen molar-refractivity contribution >= 4 is 64.6 Å². The molecule has 0 spiro atoms. The molecule has 0 bridgehead atoms. The molecule has 1 aromatic heterocycles. The molecule has 2 aromatic carbocycles. The number of nitrogens with zero attached hydrogens (tertiary/aromatic N) is 5. The quantitative estimate of drug-likeness (QED) is 0.0316. The Balaban J connectivity index is 1.99. The molecule has 0 saturated heterocycles. The number of carbonyl (C=O) groups is 3. The zero-order valence-electron chi connectivity index (χ0n) is 27.8. The van der Waals surface area contributed by atoms with Crippen LogP contribution in [0.1, 0.15) is 37.0 Å². The highest BCUT2D eigenvalue weighted by molar-refractivity contribution is 6.43. The minimum Gasteiger partial charge on any atom is -0.494 e. The first-order valence-corrected chi connectivity index (χ1v) is 15.3. The predicted octanol–water partition coefficient (Wildman–Crippen LogP) is 2.92. The van der Waals surface area contributed by atoms with Crippen LogP contribution in [0.3, 0.4) is 0 Å². The molecule has 0 atom stereocenters. The van der Waals surface area contributed by atoms with Gasteiger partial charge in [-0.25, -0.2) is 4.98 Å². The maximum absolute atomic E-state index is 13.1. The summed E-state index contributed by atoms with van der Waals surface area (Å²) in [4.78, 5) is 50.8. The van der Waals surface area contributed by atoms with Crippen LogP contribution in [0.4, 0.5) is 23.0 Å². The van der Waals surface area contributed by atoms with E-state index < -0.39 is 11.8 Å². The van der Waals surface area contributed by atoms with Crippen molar-refractivity contribution in [1.29, 1.82) is 0 Å². The summed E-state index contributed by atoms with van der Waals surface area (Å²) < 4.78 is 13.6. The van der Waals surface area contributed by atoms with Crippen molar-refractivity contribution in [3.8, 4) is 11.5 Å². The van der Waals surface area contributed by atoms with Crippen LogP contribution in [-0.2, 0) is 16.1 Å². The van der Waals surface area contributed by atoms with Crippen molar-refractivity contribution < 1.29 is 23.9 Å². The van der Waals surface area contributed by atoms with E-state index in [4.69, 9.17) is 26.7 Å². The van der Waals surface area contributed by atoms with Gasteiger partial charge in [0.25, 0.3) is 5.91 Å². The lowest BCUT2D eigenvalue weighted by Crippen LogP contribution is -2.41. The van der Waals surface area contributed by atoms with E-state index in [-0.39, 0.29) is 24.5 Å². The highest BCUT2D eigenvalue weighted by Crippen LogP contribution is 2.39. The third kappa shape index (κ3) is 9.34. The zero-order valence-corrected chi connectivity index (χ0v) is 27.8. The first-order chi connectivity index (χ1) is 23.1. The number of fused-ring (bicyclic) bond motifs is 1. The van der Waals surface area contributed by atoms with Crippen LogP contribution in [0.15, 0.2) is 58.2 Å². The van der Waals surface area contributed by atoms with Crippen LogP contribution < -0.4 is 42.2 Å². The topological polar surface area (TPSA) is 218 Å². The average Bonchev–Trinajstić information content (AvgIpc) is 3.42. The molecule has 0 saturated carbocycles. The van der Waals surface area contributed by atoms with Crippen LogP contribution in [0.25, 0.3) is 11.0 Å². The van der Waals surface area contributed by atoms with E-state index >= 15 is 0 Å². The molecule has 48 heavy (non-hydrogen) atoms. The number of primary amides is 1. The summed E-state index contributed by atoms with van der Waals surface area (Å²) in [5.74, 6) is 0.365. The Labute approximate surface area is 279 Å². The van der Waals surface area contributed by atoms with Gasteiger partial charge in [-0.3, -0.25) is 19.6 Å². The summed E-state index contributed by atoms with van der Waals surface area (Å²) in [6.45, 7) is 8.55. The minimum absolute atomic E-state index is 0.00594. The van der Waals surface area contributed by atoms with Crippen molar-refractivity contribution in [2.45, 2.75) is 33.2 Å². The number of methoxy groups -OCH3 is 1. The Bertz CT molecular complexity index is 1720. The van der Waals surface area contributed by atoms with Gasteiger partial charge < -0.3 is 51.6 Å². The van der Waals surface area contributed by atoms with Crippen LogP contribution in [-0.4, -0.2) is 80.6 Å². The van der Waals surface area contributed by atoms with Crippen LogP contribution in [0, 0.1) is 0 Å². The molecule has 1 heterocycles. The van der Waals surface area contributed by atoms with Crippen LogP contribution >= 0.6 is 0 Å². The number of aliphatic imine (C=N–C) groups is 2. The summed E-state index contributed by atoms with van der Waals surface area (Å²) in [6.07, 6.45) is 7.15. The Morgan fingerprint density at radius 2 is 1.94 bits per heavy atom. The fourth-order valence-corrected chi connectivity index (χ4v) is 4.85. The number of unbranched alkanes of at least 4 members (excludes halogenated alkanes) is 1. The van der Waals surface area contributed by atoms with Gasteiger partial charge >= 0.3 is 0 Å². The number of anilines is 3. The highest BCUT2D eigenvalue weighted by Gasteiger charge is 2.21. The number of aldehydes is 1. The molecule has 256 valence electrons. The number of ether oxygens (including phenoxy) is 2. The number of carbonyl (C=O) groups excluding carboxylic acids is 3. The standard InChI is InChI=1S/C33H44N10O5/c1-6-39-26(15-21(2)34)32(46)40-20-42(29-24(37-3)16-22(31(36)45)17-27(29)47-5)11-7-8-12-43-30-25(41-33(43)38-4)18-23(35)19-28(30)48-14-10-9-13-44/h7-8,13,15-19H,3,6,9-12,14,20,34-35H2,1-2,4-5H3,(H2,36,45)(H,38,41)(H,40,46)/b8-7+,21-15-,39-26?. The van der Waals surface area contributed by atoms with Gasteiger partial charge in [0.1, 0.15) is 34.7 Å². The monoisotopic (exact) mass is 660 g/mol. The molecule has 0 fully saturated rings. The van der Waals surface area contributed by atoms with Gasteiger partial charge in [-0.05, 0) is 51.3 Å². The average molecular weight is 661 g/mol. The molecule has 3 aromatic rings. The molecule has 0 aliphatic heterocycles. The van der Waals surface area contributed by atoms with E-state index in [1.807, 2.05) is 23.6 Å². The molecule has 2 amide bonds. The van der Waals surface area contributed by atoms with Crippen molar-refractivity contribution in [1.82, 2.24) is 14.9 Å². The fourth-order valence-electron chi connectivity index (χ4n) is 4.85.